The summed E-state index contributed by atoms with van der Waals surface area (Å²) in [5.74, 6) is -0.977. The van der Waals surface area contributed by atoms with Crippen molar-refractivity contribution >= 4 is 17.6 Å². The van der Waals surface area contributed by atoms with Crippen LogP contribution in [0.4, 0.5) is 4.39 Å². The maximum absolute atomic E-state index is 12.2. The van der Waals surface area contributed by atoms with E-state index < -0.39 is 11.6 Å². The highest BCUT2D eigenvalue weighted by Crippen LogP contribution is 2.10. The molecule has 0 aliphatic rings. The van der Waals surface area contributed by atoms with Crippen molar-refractivity contribution in [2.24, 2.45) is 0 Å². The summed E-state index contributed by atoms with van der Waals surface area (Å²) in [5, 5.41) is 0. The van der Waals surface area contributed by atoms with Crippen LogP contribution in [0, 0.1) is 0 Å². The summed E-state index contributed by atoms with van der Waals surface area (Å²) >= 11 is 4.91. The van der Waals surface area contributed by atoms with E-state index in [0.29, 0.717) is 0 Å². The SMILES string of the molecule is CCCCCC[C@@H](C)OC(=O)[C@H](F)Cl. The first-order valence-electron chi connectivity index (χ1n) is 5.06. The molecule has 0 aliphatic heterocycles. The zero-order valence-corrected chi connectivity index (χ0v) is 9.52. The molecule has 84 valence electrons. The highest BCUT2D eigenvalue weighted by molar-refractivity contribution is 6.28. The average Bonchev–Trinajstić information content (AvgIpc) is 2.12. The zero-order valence-electron chi connectivity index (χ0n) is 8.76. The fraction of sp³-hybridized carbons (Fsp3) is 0.900. The van der Waals surface area contributed by atoms with Crippen LogP contribution < -0.4 is 0 Å². The predicted molar refractivity (Wildman–Crippen MR) is 55.1 cm³/mol. The lowest BCUT2D eigenvalue weighted by Gasteiger charge is -2.12. The Balaban J connectivity index is 3.45. The van der Waals surface area contributed by atoms with Crippen LogP contribution in [-0.2, 0) is 9.53 Å². The van der Waals surface area contributed by atoms with Gasteiger partial charge in [-0.15, -0.1) is 0 Å². The smallest absolute Gasteiger partial charge is 0.356 e. The molecule has 0 rings (SSSR count). The van der Waals surface area contributed by atoms with E-state index in [1.54, 1.807) is 6.92 Å². The summed E-state index contributed by atoms with van der Waals surface area (Å²) in [6.45, 7) is 3.88. The standard InChI is InChI=1S/C10H18ClFO2/c1-3-4-5-6-7-8(2)14-10(13)9(11)12/h8-9H,3-7H2,1-2H3/t8-,9+/m1/s1. The molecule has 0 saturated carbocycles. The highest BCUT2D eigenvalue weighted by Gasteiger charge is 2.17. The number of carbonyl (C=O) groups excluding carboxylic acids is 1. The first-order chi connectivity index (χ1) is 6.57. The molecule has 0 amide bonds. The molecule has 0 spiro atoms. The minimum absolute atomic E-state index is 0.239. The van der Waals surface area contributed by atoms with Gasteiger partial charge < -0.3 is 4.74 Å². The maximum Gasteiger partial charge on any atom is 0.356 e. The van der Waals surface area contributed by atoms with Crippen molar-refractivity contribution in [3.63, 3.8) is 0 Å². The van der Waals surface area contributed by atoms with Crippen molar-refractivity contribution in [1.29, 1.82) is 0 Å². The first kappa shape index (κ1) is 13.7. The number of carbonyl (C=O) groups is 1. The van der Waals surface area contributed by atoms with Crippen LogP contribution in [0.1, 0.15) is 46.0 Å². The fourth-order valence-electron chi connectivity index (χ4n) is 1.17. The second-order valence-electron chi connectivity index (χ2n) is 3.40. The molecule has 0 saturated heterocycles. The number of unbranched alkanes of at least 4 members (excludes halogenated alkanes) is 3. The summed E-state index contributed by atoms with van der Waals surface area (Å²) in [4.78, 5) is 10.7. The van der Waals surface area contributed by atoms with E-state index in [1.165, 1.54) is 12.8 Å². The Labute approximate surface area is 89.8 Å². The molecule has 0 aliphatic carbocycles. The Morgan fingerprint density at radius 3 is 2.57 bits per heavy atom. The average molecular weight is 225 g/mol. The number of hydrogen-bond donors (Lipinski definition) is 0. The normalized spacial score (nSPS) is 14.9. The van der Waals surface area contributed by atoms with Gasteiger partial charge in [0, 0.05) is 0 Å². The number of hydrogen-bond acceptors (Lipinski definition) is 2. The molecule has 2 nitrogen and oxygen atoms in total. The van der Waals surface area contributed by atoms with Gasteiger partial charge in [0.2, 0.25) is 0 Å². The minimum atomic E-state index is -2.03. The fourth-order valence-corrected chi connectivity index (χ4v) is 1.22. The van der Waals surface area contributed by atoms with Crippen LogP contribution in [0.25, 0.3) is 0 Å². The van der Waals surface area contributed by atoms with E-state index >= 15 is 0 Å². The lowest BCUT2D eigenvalue weighted by Crippen LogP contribution is -2.20. The van der Waals surface area contributed by atoms with Gasteiger partial charge in [-0.2, -0.15) is 0 Å². The second kappa shape index (κ2) is 8.04. The number of ether oxygens (including phenoxy) is 1. The van der Waals surface area contributed by atoms with Crippen molar-refractivity contribution in [1.82, 2.24) is 0 Å². The minimum Gasteiger partial charge on any atom is -0.460 e. The van der Waals surface area contributed by atoms with E-state index in [4.69, 9.17) is 16.3 Å². The van der Waals surface area contributed by atoms with Crippen LogP contribution in [0.2, 0.25) is 0 Å². The Morgan fingerprint density at radius 1 is 1.43 bits per heavy atom. The molecule has 0 aromatic heterocycles. The van der Waals surface area contributed by atoms with E-state index in [2.05, 4.69) is 6.92 Å². The number of halogens is 2. The predicted octanol–water partition coefficient (Wildman–Crippen LogP) is 3.42. The zero-order chi connectivity index (χ0) is 11.0. The third-order valence-electron chi connectivity index (χ3n) is 1.96. The lowest BCUT2D eigenvalue weighted by molar-refractivity contribution is -0.151. The van der Waals surface area contributed by atoms with Crippen LogP contribution in [0.15, 0.2) is 0 Å². The molecule has 0 unspecified atom stereocenters. The molecule has 0 aromatic carbocycles. The van der Waals surface area contributed by atoms with Crippen molar-refractivity contribution < 1.29 is 13.9 Å². The van der Waals surface area contributed by atoms with Crippen LogP contribution in [-0.4, -0.2) is 17.7 Å². The summed E-state index contributed by atoms with van der Waals surface area (Å²) in [5.41, 5.74) is -2.03. The van der Waals surface area contributed by atoms with Gasteiger partial charge in [0.15, 0.2) is 0 Å². The molecule has 14 heavy (non-hydrogen) atoms. The molecule has 0 bridgehead atoms. The van der Waals surface area contributed by atoms with Crippen LogP contribution in [0.3, 0.4) is 0 Å². The van der Waals surface area contributed by atoms with Crippen molar-refractivity contribution in [2.75, 3.05) is 0 Å². The van der Waals surface area contributed by atoms with Gasteiger partial charge in [0.05, 0.1) is 6.10 Å². The number of rotatable bonds is 7. The van der Waals surface area contributed by atoms with Crippen molar-refractivity contribution in [2.45, 2.75) is 57.7 Å². The molecule has 2 atom stereocenters. The first-order valence-corrected chi connectivity index (χ1v) is 5.50. The molecule has 0 N–H and O–H groups in total. The molecular formula is C10H18ClFO2. The summed E-state index contributed by atoms with van der Waals surface area (Å²) in [6, 6.07) is 0. The van der Waals surface area contributed by atoms with Crippen LogP contribution in [0.5, 0.6) is 0 Å². The molecule has 0 heterocycles. The number of esters is 1. The van der Waals surface area contributed by atoms with E-state index in [0.717, 1.165) is 19.3 Å². The monoisotopic (exact) mass is 224 g/mol. The largest absolute Gasteiger partial charge is 0.460 e. The topological polar surface area (TPSA) is 26.3 Å². The number of alkyl halides is 2. The van der Waals surface area contributed by atoms with Gasteiger partial charge >= 0.3 is 5.97 Å². The third kappa shape index (κ3) is 7.13. The Hall–Kier alpha value is -0.310. The van der Waals surface area contributed by atoms with Gasteiger partial charge in [0.1, 0.15) is 0 Å². The molecule has 0 radical (unpaired) electrons. The van der Waals surface area contributed by atoms with Gasteiger partial charge in [-0.3, -0.25) is 0 Å². The summed E-state index contributed by atoms with van der Waals surface area (Å²) in [6.07, 6.45) is 5.01. The van der Waals surface area contributed by atoms with Gasteiger partial charge in [0.25, 0.3) is 5.63 Å². The van der Waals surface area contributed by atoms with E-state index in [9.17, 15) is 9.18 Å². The molecular weight excluding hydrogens is 207 g/mol. The Bertz CT molecular complexity index is 162. The van der Waals surface area contributed by atoms with E-state index in [1.807, 2.05) is 0 Å². The van der Waals surface area contributed by atoms with Gasteiger partial charge in [-0.1, -0.05) is 37.8 Å². The van der Waals surface area contributed by atoms with Crippen LogP contribution >= 0.6 is 11.6 Å². The molecule has 0 fully saturated rings. The highest BCUT2D eigenvalue weighted by atomic mass is 35.5. The lowest BCUT2D eigenvalue weighted by atomic mass is 10.1. The van der Waals surface area contributed by atoms with Gasteiger partial charge in [-0.25, -0.2) is 9.18 Å². The Morgan fingerprint density at radius 2 is 2.07 bits per heavy atom. The third-order valence-corrected chi connectivity index (χ3v) is 2.14. The second-order valence-corrected chi connectivity index (χ2v) is 3.78. The quantitative estimate of drug-likeness (QED) is 0.376. The Kier molecular flexibility index (Phi) is 7.86. The maximum atomic E-state index is 12.2. The van der Waals surface area contributed by atoms with Gasteiger partial charge in [-0.05, 0) is 19.8 Å². The molecule has 0 aromatic rings. The van der Waals surface area contributed by atoms with Crippen molar-refractivity contribution in [3.05, 3.63) is 0 Å². The summed E-state index contributed by atoms with van der Waals surface area (Å²) in [7, 11) is 0. The van der Waals surface area contributed by atoms with E-state index in [-0.39, 0.29) is 6.10 Å². The van der Waals surface area contributed by atoms with Crippen molar-refractivity contribution in [3.8, 4) is 0 Å². The summed E-state index contributed by atoms with van der Waals surface area (Å²) < 4.78 is 16.9. The molecule has 4 heteroatoms.